The maximum Gasteiger partial charge on any atom is 0.408 e. The quantitative estimate of drug-likeness (QED) is 0.777. The van der Waals surface area contributed by atoms with Crippen molar-refractivity contribution in [2.45, 2.75) is 64.5 Å². The van der Waals surface area contributed by atoms with Gasteiger partial charge in [0.05, 0.1) is 0 Å². The molecular weight excluding hydrogens is 258 g/mol. The molecule has 5 nitrogen and oxygen atoms in total. The number of carboxylic acid groups (broad SMARTS) is 1. The molecular formula is C15H25NO4. The van der Waals surface area contributed by atoms with Crippen molar-refractivity contribution >= 4 is 12.1 Å². The summed E-state index contributed by atoms with van der Waals surface area (Å²) in [5.74, 6) is -0.686. The van der Waals surface area contributed by atoms with Crippen molar-refractivity contribution in [2.75, 3.05) is 0 Å². The molecule has 0 aromatic rings. The Bertz CT molecular complexity index is 361. The summed E-state index contributed by atoms with van der Waals surface area (Å²) in [7, 11) is 0. The average Bonchev–Trinajstić information content (AvgIpc) is 2.54. The van der Waals surface area contributed by atoms with Crippen LogP contribution in [0.2, 0.25) is 0 Å². The Balaban J connectivity index is 2.52. The molecule has 0 fully saturated rings. The molecule has 1 aliphatic rings. The average molecular weight is 283 g/mol. The van der Waals surface area contributed by atoms with E-state index in [0.717, 1.165) is 25.7 Å². The highest BCUT2D eigenvalue weighted by atomic mass is 16.6. The maximum absolute atomic E-state index is 11.7. The predicted molar refractivity (Wildman–Crippen MR) is 76.5 cm³/mol. The van der Waals surface area contributed by atoms with E-state index >= 15 is 0 Å². The van der Waals surface area contributed by atoms with Crippen LogP contribution in [-0.2, 0) is 9.53 Å². The molecule has 0 saturated carbocycles. The minimum atomic E-state index is -1.01. The number of nitrogens with one attached hydrogen (secondary N) is 1. The Labute approximate surface area is 120 Å². The summed E-state index contributed by atoms with van der Waals surface area (Å²) in [5.41, 5.74) is -0.626. The van der Waals surface area contributed by atoms with E-state index in [-0.39, 0.29) is 0 Å². The summed E-state index contributed by atoms with van der Waals surface area (Å²) in [6, 6.07) is -0.882. The monoisotopic (exact) mass is 283 g/mol. The summed E-state index contributed by atoms with van der Waals surface area (Å²) in [4.78, 5) is 22.9. The zero-order valence-corrected chi connectivity index (χ0v) is 12.5. The maximum atomic E-state index is 11.7. The van der Waals surface area contributed by atoms with E-state index in [1.807, 2.05) is 0 Å². The molecule has 2 N–H and O–H groups in total. The molecule has 0 bridgehead atoms. The molecule has 0 aliphatic heterocycles. The lowest BCUT2D eigenvalue weighted by atomic mass is 9.92. The van der Waals surface area contributed by atoms with E-state index in [2.05, 4.69) is 17.5 Å². The van der Waals surface area contributed by atoms with Crippen LogP contribution in [0.5, 0.6) is 0 Å². The van der Waals surface area contributed by atoms with Crippen molar-refractivity contribution < 1.29 is 19.4 Å². The van der Waals surface area contributed by atoms with Crippen molar-refractivity contribution in [3.63, 3.8) is 0 Å². The van der Waals surface area contributed by atoms with Crippen molar-refractivity contribution in [1.82, 2.24) is 5.32 Å². The van der Waals surface area contributed by atoms with Gasteiger partial charge in [-0.05, 0) is 58.8 Å². The first-order valence-electron chi connectivity index (χ1n) is 7.15. The van der Waals surface area contributed by atoms with E-state index in [1.165, 1.54) is 0 Å². The third-order valence-electron chi connectivity index (χ3n) is 3.21. The first-order valence-corrected chi connectivity index (χ1v) is 7.15. The fourth-order valence-electron chi connectivity index (χ4n) is 2.28. The van der Waals surface area contributed by atoms with Crippen LogP contribution < -0.4 is 5.32 Å². The van der Waals surface area contributed by atoms with Crippen LogP contribution in [0.3, 0.4) is 0 Å². The number of carbonyl (C=O) groups is 2. The minimum Gasteiger partial charge on any atom is -0.480 e. The van der Waals surface area contributed by atoms with Crippen LogP contribution in [-0.4, -0.2) is 28.8 Å². The Kier molecular flexibility index (Phi) is 6.05. The van der Waals surface area contributed by atoms with Gasteiger partial charge in [0.15, 0.2) is 0 Å². The van der Waals surface area contributed by atoms with E-state index in [4.69, 9.17) is 4.74 Å². The van der Waals surface area contributed by atoms with Crippen molar-refractivity contribution in [2.24, 2.45) is 5.92 Å². The summed E-state index contributed by atoms with van der Waals surface area (Å²) < 4.78 is 5.11. The summed E-state index contributed by atoms with van der Waals surface area (Å²) in [5, 5.41) is 11.7. The fourth-order valence-corrected chi connectivity index (χ4v) is 2.28. The van der Waals surface area contributed by atoms with Gasteiger partial charge >= 0.3 is 12.1 Å². The molecule has 1 amide bonds. The SMILES string of the molecule is CC(C)(C)OC(=O)NC(CC1CCC=CCC1)C(=O)O. The third kappa shape index (κ3) is 6.59. The van der Waals surface area contributed by atoms with Gasteiger partial charge in [0.2, 0.25) is 0 Å². The van der Waals surface area contributed by atoms with Gasteiger partial charge in [0, 0.05) is 0 Å². The van der Waals surface area contributed by atoms with Crippen LogP contribution in [0.4, 0.5) is 4.79 Å². The van der Waals surface area contributed by atoms with Crippen LogP contribution in [0.1, 0.15) is 52.9 Å². The Morgan fingerprint density at radius 2 is 1.85 bits per heavy atom. The van der Waals surface area contributed by atoms with Crippen LogP contribution >= 0.6 is 0 Å². The standard InChI is InChI=1S/C15H25NO4/c1-15(2,3)20-14(19)16-12(13(17)18)10-11-8-6-4-5-7-9-11/h4-5,11-12H,6-10H2,1-3H3,(H,16,19)(H,17,18). The molecule has 0 aromatic carbocycles. The van der Waals surface area contributed by atoms with Gasteiger partial charge in [-0.1, -0.05) is 12.2 Å². The molecule has 1 atom stereocenters. The van der Waals surface area contributed by atoms with E-state index in [1.54, 1.807) is 20.8 Å². The second-order valence-electron chi connectivity index (χ2n) is 6.26. The molecule has 1 rings (SSSR count). The minimum absolute atomic E-state index is 0.320. The summed E-state index contributed by atoms with van der Waals surface area (Å²) in [6.07, 6.45) is 7.95. The lowest BCUT2D eigenvalue weighted by Gasteiger charge is -2.24. The molecule has 0 spiro atoms. The lowest BCUT2D eigenvalue weighted by molar-refractivity contribution is -0.140. The number of hydrogen-bond acceptors (Lipinski definition) is 3. The fraction of sp³-hybridized carbons (Fsp3) is 0.733. The highest BCUT2D eigenvalue weighted by Gasteiger charge is 2.26. The van der Waals surface area contributed by atoms with Gasteiger partial charge < -0.3 is 15.2 Å². The zero-order chi connectivity index (χ0) is 15.2. The molecule has 0 aromatic heterocycles. The number of carboxylic acids is 1. The first kappa shape index (κ1) is 16.5. The molecule has 1 unspecified atom stereocenters. The highest BCUT2D eigenvalue weighted by molar-refractivity contribution is 5.80. The number of hydrogen-bond donors (Lipinski definition) is 2. The second-order valence-corrected chi connectivity index (χ2v) is 6.26. The van der Waals surface area contributed by atoms with Crippen molar-refractivity contribution in [3.05, 3.63) is 12.2 Å². The summed E-state index contributed by atoms with van der Waals surface area (Å²) >= 11 is 0. The summed E-state index contributed by atoms with van der Waals surface area (Å²) in [6.45, 7) is 5.25. The smallest absolute Gasteiger partial charge is 0.408 e. The largest absolute Gasteiger partial charge is 0.480 e. The third-order valence-corrected chi connectivity index (χ3v) is 3.21. The molecule has 20 heavy (non-hydrogen) atoms. The Morgan fingerprint density at radius 3 is 2.30 bits per heavy atom. The van der Waals surface area contributed by atoms with Crippen LogP contribution in [0.15, 0.2) is 12.2 Å². The van der Waals surface area contributed by atoms with E-state index in [0.29, 0.717) is 12.3 Å². The van der Waals surface area contributed by atoms with E-state index < -0.39 is 23.7 Å². The highest BCUT2D eigenvalue weighted by Crippen LogP contribution is 2.23. The normalized spacial score (nSPS) is 18.1. The molecule has 0 saturated heterocycles. The number of aliphatic carboxylic acids is 1. The second kappa shape index (κ2) is 7.31. The lowest BCUT2D eigenvalue weighted by Crippen LogP contribution is -2.44. The van der Waals surface area contributed by atoms with Crippen molar-refractivity contribution in [1.29, 1.82) is 0 Å². The van der Waals surface area contributed by atoms with Gasteiger partial charge in [0.25, 0.3) is 0 Å². The molecule has 0 heterocycles. The number of amides is 1. The van der Waals surface area contributed by atoms with Gasteiger partial charge in [-0.15, -0.1) is 0 Å². The van der Waals surface area contributed by atoms with Gasteiger partial charge in [0.1, 0.15) is 11.6 Å². The Hall–Kier alpha value is -1.52. The van der Waals surface area contributed by atoms with Gasteiger partial charge in [-0.25, -0.2) is 9.59 Å². The van der Waals surface area contributed by atoms with Crippen LogP contribution in [0.25, 0.3) is 0 Å². The predicted octanol–water partition coefficient (Wildman–Crippen LogP) is 3.10. The topological polar surface area (TPSA) is 75.6 Å². The molecule has 0 radical (unpaired) electrons. The molecule has 1 aliphatic carbocycles. The Morgan fingerprint density at radius 1 is 1.30 bits per heavy atom. The van der Waals surface area contributed by atoms with Crippen molar-refractivity contribution in [3.8, 4) is 0 Å². The number of alkyl carbamates (subject to hydrolysis) is 1. The number of carbonyl (C=O) groups excluding carboxylic acids is 1. The van der Waals surface area contributed by atoms with Gasteiger partial charge in [-0.3, -0.25) is 0 Å². The molecule has 114 valence electrons. The molecule has 5 heteroatoms. The number of ether oxygens (including phenoxy) is 1. The van der Waals surface area contributed by atoms with Crippen LogP contribution in [0, 0.1) is 5.92 Å². The number of rotatable bonds is 4. The van der Waals surface area contributed by atoms with E-state index in [9.17, 15) is 14.7 Å². The zero-order valence-electron chi connectivity index (χ0n) is 12.5. The van der Waals surface area contributed by atoms with Gasteiger partial charge in [-0.2, -0.15) is 0 Å². The number of allylic oxidation sites excluding steroid dienone is 2. The first-order chi connectivity index (χ1) is 9.28.